The number of nitrogens with two attached hydrogens (primary N) is 1. The molecule has 0 aliphatic rings. The van der Waals surface area contributed by atoms with Gasteiger partial charge in [-0.05, 0) is 54.3 Å². The second kappa shape index (κ2) is 6.20. The summed E-state index contributed by atoms with van der Waals surface area (Å²) in [6.45, 7) is 12.1. The summed E-state index contributed by atoms with van der Waals surface area (Å²) in [7, 11) is 0. The lowest BCUT2D eigenvalue weighted by Crippen LogP contribution is -2.14. The van der Waals surface area contributed by atoms with E-state index in [1.165, 1.54) is 16.7 Å². The predicted molar refractivity (Wildman–Crippen MR) is 76.5 cm³/mol. The van der Waals surface area contributed by atoms with Gasteiger partial charge in [-0.2, -0.15) is 0 Å². The average Bonchev–Trinajstić information content (AvgIpc) is 2.26. The summed E-state index contributed by atoms with van der Waals surface area (Å²) < 4.78 is 0. The van der Waals surface area contributed by atoms with Crippen LogP contribution in [0.15, 0.2) is 18.2 Å². The summed E-state index contributed by atoms with van der Waals surface area (Å²) in [4.78, 5) is 0. The summed E-state index contributed by atoms with van der Waals surface area (Å²) >= 11 is 0. The number of rotatable bonds is 5. The van der Waals surface area contributed by atoms with Gasteiger partial charge in [0.05, 0.1) is 0 Å². The van der Waals surface area contributed by atoms with Crippen molar-refractivity contribution in [2.24, 2.45) is 11.7 Å². The van der Waals surface area contributed by atoms with E-state index >= 15 is 0 Å². The summed E-state index contributed by atoms with van der Waals surface area (Å²) in [5.41, 5.74) is 10.1. The molecule has 1 rings (SSSR count). The zero-order valence-electron chi connectivity index (χ0n) is 12.0. The number of aryl methyl sites for hydroxylation is 1. The van der Waals surface area contributed by atoms with E-state index in [0.717, 1.165) is 13.0 Å². The van der Waals surface area contributed by atoms with Gasteiger partial charge in [-0.25, -0.2) is 0 Å². The second-order valence-corrected chi connectivity index (χ2v) is 5.70. The molecule has 0 saturated carbocycles. The Kier molecular flexibility index (Phi) is 5.20. The summed E-state index contributed by atoms with van der Waals surface area (Å²) in [6.07, 6.45) is 1.08. The third-order valence-corrected chi connectivity index (χ3v) is 3.65. The second-order valence-electron chi connectivity index (χ2n) is 5.70. The molecule has 1 atom stereocenters. The molecule has 0 spiro atoms. The zero-order valence-corrected chi connectivity index (χ0v) is 12.0. The third-order valence-electron chi connectivity index (χ3n) is 3.65. The van der Waals surface area contributed by atoms with Crippen molar-refractivity contribution in [3.63, 3.8) is 0 Å². The predicted octanol–water partition coefficient (Wildman–Crippen LogP) is 4.21. The normalized spacial score (nSPS) is 13.4. The Hall–Kier alpha value is -0.820. The van der Waals surface area contributed by atoms with Crippen molar-refractivity contribution in [2.75, 3.05) is 6.54 Å². The molecular formula is C16H27N. The fourth-order valence-electron chi connectivity index (χ4n) is 2.45. The van der Waals surface area contributed by atoms with Crippen LogP contribution in [0.25, 0.3) is 0 Å². The van der Waals surface area contributed by atoms with Crippen LogP contribution < -0.4 is 5.73 Å². The first-order valence-corrected chi connectivity index (χ1v) is 6.77. The fourth-order valence-corrected chi connectivity index (χ4v) is 2.45. The van der Waals surface area contributed by atoms with E-state index in [0.29, 0.717) is 17.8 Å². The Labute approximate surface area is 106 Å². The quantitative estimate of drug-likeness (QED) is 0.810. The van der Waals surface area contributed by atoms with Gasteiger partial charge in [-0.1, -0.05) is 45.9 Å². The Morgan fingerprint density at radius 2 is 1.76 bits per heavy atom. The topological polar surface area (TPSA) is 26.0 Å². The van der Waals surface area contributed by atoms with Gasteiger partial charge in [-0.15, -0.1) is 0 Å². The highest BCUT2D eigenvalue weighted by Gasteiger charge is 2.17. The van der Waals surface area contributed by atoms with Gasteiger partial charge in [-0.3, -0.25) is 0 Å². The lowest BCUT2D eigenvalue weighted by Gasteiger charge is -2.24. The molecule has 1 nitrogen and oxygen atoms in total. The van der Waals surface area contributed by atoms with E-state index < -0.39 is 0 Å². The summed E-state index contributed by atoms with van der Waals surface area (Å²) in [5.74, 6) is 1.85. The van der Waals surface area contributed by atoms with Crippen LogP contribution in [0.1, 0.15) is 62.6 Å². The lowest BCUT2D eigenvalue weighted by atomic mass is 9.82. The first-order chi connectivity index (χ1) is 7.97. The van der Waals surface area contributed by atoms with Gasteiger partial charge >= 0.3 is 0 Å². The van der Waals surface area contributed by atoms with Crippen LogP contribution in [-0.2, 0) is 0 Å². The van der Waals surface area contributed by atoms with Gasteiger partial charge in [0.15, 0.2) is 0 Å². The smallest absolute Gasteiger partial charge is 0.00713 e. The largest absolute Gasteiger partial charge is 0.330 e. The minimum Gasteiger partial charge on any atom is -0.330 e. The van der Waals surface area contributed by atoms with Crippen molar-refractivity contribution < 1.29 is 0 Å². The van der Waals surface area contributed by atoms with Crippen LogP contribution in [0.5, 0.6) is 0 Å². The molecule has 0 aliphatic carbocycles. The van der Waals surface area contributed by atoms with Crippen molar-refractivity contribution in [1.82, 2.24) is 0 Å². The maximum absolute atomic E-state index is 5.75. The van der Waals surface area contributed by atoms with Crippen molar-refractivity contribution in [1.29, 1.82) is 0 Å². The summed E-state index contributed by atoms with van der Waals surface area (Å²) in [5, 5.41) is 0. The monoisotopic (exact) mass is 233 g/mol. The molecule has 0 amide bonds. The molecule has 1 aromatic rings. The molecule has 0 heterocycles. The van der Waals surface area contributed by atoms with Crippen molar-refractivity contribution in [2.45, 2.75) is 52.9 Å². The first kappa shape index (κ1) is 14.2. The van der Waals surface area contributed by atoms with Gasteiger partial charge in [0.25, 0.3) is 0 Å². The van der Waals surface area contributed by atoms with Gasteiger partial charge in [0, 0.05) is 0 Å². The van der Waals surface area contributed by atoms with Crippen LogP contribution in [0, 0.1) is 12.8 Å². The highest BCUT2D eigenvalue weighted by atomic mass is 14.5. The molecule has 2 N–H and O–H groups in total. The molecular weight excluding hydrogens is 206 g/mol. The minimum absolute atomic E-state index is 0.596. The van der Waals surface area contributed by atoms with Crippen LogP contribution in [0.3, 0.4) is 0 Å². The van der Waals surface area contributed by atoms with E-state index in [1.54, 1.807) is 0 Å². The Morgan fingerprint density at radius 3 is 2.24 bits per heavy atom. The van der Waals surface area contributed by atoms with E-state index in [-0.39, 0.29) is 0 Å². The standard InChI is InChI=1S/C16H27N/c1-11(2)14-7-6-13(5)16(10-14)15(8-9-17)12(3)4/h6-7,10-12,15H,8-9,17H2,1-5H3. The molecule has 17 heavy (non-hydrogen) atoms. The number of hydrogen-bond acceptors (Lipinski definition) is 1. The Morgan fingerprint density at radius 1 is 1.12 bits per heavy atom. The SMILES string of the molecule is Cc1ccc(C(C)C)cc1C(CCN)C(C)C. The highest BCUT2D eigenvalue weighted by molar-refractivity contribution is 5.35. The minimum atomic E-state index is 0.596. The van der Waals surface area contributed by atoms with Crippen LogP contribution >= 0.6 is 0 Å². The molecule has 0 bridgehead atoms. The zero-order chi connectivity index (χ0) is 13.0. The molecule has 0 radical (unpaired) electrons. The maximum atomic E-state index is 5.75. The van der Waals surface area contributed by atoms with E-state index in [1.807, 2.05) is 0 Å². The first-order valence-electron chi connectivity index (χ1n) is 6.77. The average molecular weight is 233 g/mol. The van der Waals surface area contributed by atoms with E-state index in [4.69, 9.17) is 5.73 Å². The lowest BCUT2D eigenvalue weighted by molar-refractivity contribution is 0.471. The molecule has 96 valence electrons. The number of hydrogen-bond donors (Lipinski definition) is 1. The van der Waals surface area contributed by atoms with Crippen LogP contribution in [-0.4, -0.2) is 6.54 Å². The Bertz CT molecular complexity index is 353. The molecule has 1 unspecified atom stereocenters. The fraction of sp³-hybridized carbons (Fsp3) is 0.625. The van der Waals surface area contributed by atoms with Crippen LogP contribution in [0.2, 0.25) is 0 Å². The van der Waals surface area contributed by atoms with Crippen molar-refractivity contribution >= 4 is 0 Å². The maximum Gasteiger partial charge on any atom is -0.00713 e. The Balaban J connectivity index is 3.12. The van der Waals surface area contributed by atoms with Crippen LogP contribution in [0.4, 0.5) is 0 Å². The van der Waals surface area contributed by atoms with E-state index in [9.17, 15) is 0 Å². The molecule has 0 saturated heterocycles. The van der Waals surface area contributed by atoms with Crippen molar-refractivity contribution in [3.8, 4) is 0 Å². The molecule has 0 aliphatic heterocycles. The van der Waals surface area contributed by atoms with Crippen molar-refractivity contribution in [3.05, 3.63) is 34.9 Å². The summed E-state index contributed by atoms with van der Waals surface area (Å²) in [6, 6.07) is 6.90. The number of benzene rings is 1. The third kappa shape index (κ3) is 3.57. The molecule has 1 aromatic carbocycles. The van der Waals surface area contributed by atoms with Gasteiger partial charge < -0.3 is 5.73 Å². The molecule has 1 heteroatoms. The van der Waals surface area contributed by atoms with Gasteiger partial charge in [0.1, 0.15) is 0 Å². The molecule has 0 aromatic heterocycles. The van der Waals surface area contributed by atoms with E-state index in [2.05, 4.69) is 52.8 Å². The highest BCUT2D eigenvalue weighted by Crippen LogP contribution is 2.31. The molecule has 0 fully saturated rings. The van der Waals surface area contributed by atoms with Gasteiger partial charge in [0.2, 0.25) is 0 Å².